The predicted molar refractivity (Wildman–Crippen MR) is 174 cm³/mol. The maximum absolute atomic E-state index is 4.26. The molecular formula is C32H62GeN8O4-2. The average molecular weight is 696 g/mol. The van der Waals surface area contributed by atoms with Crippen LogP contribution in [0.3, 0.4) is 0 Å². The predicted octanol–water partition coefficient (Wildman–Crippen LogP) is 0.222. The van der Waals surface area contributed by atoms with Crippen molar-refractivity contribution in [1.29, 1.82) is 0 Å². The molecule has 0 aromatic carbocycles. The maximum atomic E-state index is 4.26. The molecule has 260 valence electrons. The fraction of sp³-hybridized carbons (Fsp3) is 1.00. The zero-order valence-corrected chi connectivity index (χ0v) is 29.0. The largest absolute Gasteiger partial charge is 0.870 e. The molecule has 0 aromatic heterocycles. The van der Waals surface area contributed by atoms with Gasteiger partial charge in [-0.25, -0.2) is 0 Å². The minimum Gasteiger partial charge on any atom is -0.870 e. The number of rotatable bonds is 0. The number of nitrogens with one attached hydrogen (secondary N) is 8. The van der Waals surface area contributed by atoms with Crippen molar-refractivity contribution in [1.82, 2.24) is 42.5 Å². The Kier molecular flexibility index (Phi) is 13.2. The summed E-state index contributed by atoms with van der Waals surface area (Å²) in [5.74, 6) is 5.97. The summed E-state index contributed by atoms with van der Waals surface area (Å²) in [7, 11) is 0. The van der Waals surface area contributed by atoms with Gasteiger partial charge in [0.05, 0.1) is 49.3 Å². The van der Waals surface area contributed by atoms with Crippen molar-refractivity contribution in [2.24, 2.45) is 47.3 Å². The van der Waals surface area contributed by atoms with Gasteiger partial charge in [0.15, 0.2) is 0 Å². The Morgan fingerprint density at radius 2 is 0.356 bits per heavy atom. The van der Waals surface area contributed by atoms with E-state index in [1.165, 1.54) is 103 Å². The van der Waals surface area contributed by atoms with Crippen LogP contribution in [0.15, 0.2) is 0 Å². The third-order valence-electron chi connectivity index (χ3n) is 13.8. The Hall–Kier alpha value is 0.0629. The molecule has 45 heavy (non-hydrogen) atoms. The van der Waals surface area contributed by atoms with Crippen LogP contribution in [-0.4, -0.2) is 88.8 Å². The molecule has 4 radical (unpaired) electrons. The zero-order chi connectivity index (χ0) is 26.2. The van der Waals surface area contributed by atoms with E-state index >= 15 is 0 Å². The second kappa shape index (κ2) is 15.7. The second-order valence-corrected chi connectivity index (χ2v) is 15.6. The van der Waals surface area contributed by atoms with Crippen LogP contribution in [0.4, 0.5) is 0 Å². The molecular weight excluding hydrogens is 633 g/mol. The van der Waals surface area contributed by atoms with Gasteiger partial charge in [0, 0.05) is 17.6 Å². The van der Waals surface area contributed by atoms with E-state index in [4.69, 9.17) is 0 Å². The number of hydrogen-bond donors (Lipinski definition) is 8. The molecule has 4 saturated carbocycles. The molecule has 9 fully saturated rings. The molecule has 0 spiro atoms. The first kappa shape index (κ1) is 37.9. The molecule has 9 aliphatic rings. The van der Waals surface area contributed by atoms with E-state index in [0.717, 1.165) is 47.3 Å². The van der Waals surface area contributed by atoms with E-state index in [0.29, 0.717) is 49.3 Å². The van der Waals surface area contributed by atoms with Gasteiger partial charge in [-0.2, -0.15) is 0 Å². The van der Waals surface area contributed by atoms with E-state index in [1.807, 2.05) is 0 Å². The summed E-state index contributed by atoms with van der Waals surface area (Å²) < 4.78 is 0. The summed E-state index contributed by atoms with van der Waals surface area (Å²) in [6, 6.07) is 0. The van der Waals surface area contributed by atoms with Crippen molar-refractivity contribution in [3.8, 4) is 0 Å². The van der Waals surface area contributed by atoms with Crippen molar-refractivity contribution in [2.45, 2.75) is 152 Å². The van der Waals surface area contributed by atoms with Crippen LogP contribution in [0.1, 0.15) is 103 Å². The summed E-state index contributed by atoms with van der Waals surface area (Å²) in [5.41, 5.74) is 0. The molecule has 5 heterocycles. The molecule has 12 nitrogen and oxygen atoms in total. The summed E-state index contributed by atoms with van der Waals surface area (Å²) in [6.45, 7) is 0. The van der Waals surface area contributed by atoms with Gasteiger partial charge in [-0.3, -0.25) is 42.5 Å². The Morgan fingerprint density at radius 3 is 0.467 bits per heavy atom. The van der Waals surface area contributed by atoms with Gasteiger partial charge >= 0.3 is 0 Å². The quantitative estimate of drug-likeness (QED) is 0.161. The Morgan fingerprint density at radius 1 is 0.244 bits per heavy atom. The van der Waals surface area contributed by atoms with Crippen molar-refractivity contribution in [2.75, 3.05) is 0 Å². The van der Waals surface area contributed by atoms with E-state index < -0.39 is 0 Å². The first-order valence-electron chi connectivity index (χ1n) is 17.9. The van der Waals surface area contributed by atoms with Gasteiger partial charge < -0.3 is 21.9 Å². The molecule has 8 bridgehead atoms. The van der Waals surface area contributed by atoms with E-state index in [2.05, 4.69) is 42.5 Å². The number of hydrogen-bond acceptors (Lipinski definition) is 10. The van der Waals surface area contributed by atoms with E-state index in [-0.39, 0.29) is 39.5 Å². The molecule has 4 aliphatic carbocycles. The molecule has 8 unspecified atom stereocenters. The first-order valence-corrected chi connectivity index (χ1v) is 17.9. The third-order valence-corrected chi connectivity index (χ3v) is 13.8. The van der Waals surface area contributed by atoms with Gasteiger partial charge in [-0.1, -0.05) is 51.4 Å². The topological polar surface area (TPSA) is 219 Å². The third kappa shape index (κ3) is 6.68. The molecule has 9 rings (SSSR count). The SMILES string of the molecule is C1CCC2C3NC(NC4NC(NC5NC(NC6NC(N3)C3CCCCC63)C3CCCCC53)C3CCCCC43)C2C1.O.O.[Ge].[OH-].[OH-]. The van der Waals surface area contributed by atoms with Gasteiger partial charge in [-0.05, 0) is 98.7 Å². The van der Waals surface area contributed by atoms with Crippen LogP contribution in [0.5, 0.6) is 0 Å². The fourth-order valence-corrected chi connectivity index (χ4v) is 12.0. The van der Waals surface area contributed by atoms with Crippen LogP contribution in [-0.2, 0) is 0 Å². The summed E-state index contributed by atoms with van der Waals surface area (Å²) in [6.07, 6.45) is 25.6. The van der Waals surface area contributed by atoms with Crippen LogP contribution in [0.2, 0.25) is 0 Å². The van der Waals surface area contributed by atoms with Gasteiger partial charge in [0.2, 0.25) is 0 Å². The van der Waals surface area contributed by atoms with Crippen molar-refractivity contribution >= 4 is 17.6 Å². The second-order valence-electron chi connectivity index (χ2n) is 15.6. The molecule has 0 aromatic rings. The van der Waals surface area contributed by atoms with Crippen LogP contribution >= 0.6 is 0 Å². The molecule has 13 heteroatoms. The van der Waals surface area contributed by atoms with Crippen molar-refractivity contribution < 1.29 is 21.9 Å². The van der Waals surface area contributed by atoms with Crippen LogP contribution in [0.25, 0.3) is 0 Å². The number of fused-ring (bicyclic) bond motifs is 20. The Balaban J connectivity index is 0.000000922. The maximum Gasteiger partial charge on any atom is 0.0628 e. The van der Waals surface area contributed by atoms with Gasteiger partial charge in [0.25, 0.3) is 0 Å². The van der Waals surface area contributed by atoms with Crippen LogP contribution in [0, 0.1) is 47.3 Å². The summed E-state index contributed by atoms with van der Waals surface area (Å²) in [4.78, 5) is 0. The van der Waals surface area contributed by atoms with Gasteiger partial charge in [-0.15, -0.1) is 0 Å². The standard InChI is InChI=1S/C32H56N8.Ge.4H2O/c1-2-10-18-17(9-1)25-33-26(18)38-28-21-13-5-6-14-22(21)30(35-28)40-32-24-16-8-7-15-23(24)31(36-32)39-29-20-12-4-3-11-19(20)27(34-29)37-25;;;;;/h17-40H,1-16H2;;4*1H2/p-2. The molecule has 5 saturated heterocycles. The minimum atomic E-state index is 0. The molecule has 5 aliphatic heterocycles. The smallest absolute Gasteiger partial charge is 0.0628 e. The van der Waals surface area contributed by atoms with Crippen molar-refractivity contribution in [3.63, 3.8) is 0 Å². The van der Waals surface area contributed by atoms with Gasteiger partial charge in [0.1, 0.15) is 0 Å². The fourth-order valence-electron chi connectivity index (χ4n) is 12.0. The molecule has 8 atom stereocenters. The van der Waals surface area contributed by atoms with Crippen molar-refractivity contribution in [3.05, 3.63) is 0 Å². The van der Waals surface area contributed by atoms with E-state index in [9.17, 15) is 0 Å². The Bertz CT molecular complexity index is 736. The Labute approximate surface area is 280 Å². The first-order chi connectivity index (χ1) is 19.8. The average Bonchev–Trinajstić information content (AvgIpc) is 3.73. The summed E-state index contributed by atoms with van der Waals surface area (Å²) in [5, 5.41) is 33.8. The molecule has 14 N–H and O–H groups in total. The monoisotopic (exact) mass is 696 g/mol. The molecule has 0 amide bonds. The van der Waals surface area contributed by atoms with Crippen LogP contribution < -0.4 is 42.5 Å². The normalized spacial score (nSPS) is 51.2. The van der Waals surface area contributed by atoms with E-state index in [1.54, 1.807) is 0 Å². The minimum absolute atomic E-state index is 0. The zero-order valence-electron chi connectivity index (χ0n) is 26.9. The summed E-state index contributed by atoms with van der Waals surface area (Å²) >= 11 is 0.